The van der Waals surface area contributed by atoms with Crippen molar-refractivity contribution < 1.29 is 9.26 Å². The van der Waals surface area contributed by atoms with Crippen LogP contribution in [0, 0.1) is 0 Å². The Labute approximate surface area is 135 Å². The van der Waals surface area contributed by atoms with Crippen LogP contribution in [0.15, 0.2) is 59.1 Å². The van der Waals surface area contributed by atoms with Gasteiger partial charge >= 0.3 is 0 Å². The van der Waals surface area contributed by atoms with E-state index in [2.05, 4.69) is 30.1 Å². The van der Waals surface area contributed by atoms with Crippen LogP contribution in [-0.4, -0.2) is 15.7 Å². The molecular weight excluding hydrogens is 288 g/mol. The summed E-state index contributed by atoms with van der Waals surface area (Å²) in [6.07, 6.45) is 0.806. The lowest BCUT2D eigenvalue weighted by molar-refractivity contribution is 0.0725. The summed E-state index contributed by atoms with van der Waals surface area (Å²) < 4.78 is 11.7. The summed E-state index contributed by atoms with van der Waals surface area (Å²) in [5.41, 5.74) is 1.80. The predicted molar refractivity (Wildman–Crippen MR) is 87.3 cm³/mol. The van der Waals surface area contributed by atoms with Crippen molar-refractivity contribution in [1.29, 1.82) is 0 Å². The SMILES string of the molecule is CC1(C)CC(c2nc(-c3ccccc3)no2)c2ccccc2O1. The lowest BCUT2D eigenvalue weighted by Crippen LogP contribution is -2.35. The van der Waals surface area contributed by atoms with Crippen LogP contribution in [0.5, 0.6) is 5.75 Å². The van der Waals surface area contributed by atoms with Gasteiger partial charge in [-0.15, -0.1) is 0 Å². The Morgan fingerprint density at radius 1 is 1.00 bits per heavy atom. The molecule has 1 atom stereocenters. The van der Waals surface area contributed by atoms with Gasteiger partial charge in [0.15, 0.2) is 0 Å². The number of rotatable bonds is 2. The van der Waals surface area contributed by atoms with E-state index in [4.69, 9.17) is 9.26 Å². The van der Waals surface area contributed by atoms with E-state index >= 15 is 0 Å². The molecular formula is C19H18N2O2. The fourth-order valence-corrected chi connectivity index (χ4v) is 3.10. The van der Waals surface area contributed by atoms with E-state index in [1.54, 1.807) is 0 Å². The van der Waals surface area contributed by atoms with E-state index in [0.29, 0.717) is 11.7 Å². The molecule has 2 aromatic carbocycles. The Morgan fingerprint density at radius 3 is 2.57 bits per heavy atom. The molecule has 0 saturated carbocycles. The zero-order chi connectivity index (χ0) is 15.9. The topological polar surface area (TPSA) is 48.2 Å². The molecule has 0 bridgehead atoms. The van der Waals surface area contributed by atoms with Crippen LogP contribution in [0.2, 0.25) is 0 Å². The van der Waals surface area contributed by atoms with Crippen LogP contribution in [0.25, 0.3) is 11.4 Å². The Kier molecular flexibility index (Phi) is 3.18. The molecule has 0 saturated heterocycles. The van der Waals surface area contributed by atoms with Crippen molar-refractivity contribution in [3.63, 3.8) is 0 Å². The average molecular weight is 306 g/mol. The van der Waals surface area contributed by atoms with Gasteiger partial charge in [-0.1, -0.05) is 53.7 Å². The number of benzene rings is 2. The first-order valence-corrected chi connectivity index (χ1v) is 7.79. The van der Waals surface area contributed by atoms with Gasteiger partial charge < -0.3 is 9.26 Å². The molecule has 0 aliphatic carbocycles. The number of ether oxygens (including phenoxy) is 1. The summed E-state index contributed by atoms with van der Waals surface area (Å²) in [5.74, 6) is 2.23. The largest absolute Gasteiger partial charge is 0.488 e. The Bertz CT molecular complexity index is 824. The van der Waals surface area contributed by atoms with Gasteiger partial charge in [0.1, 0.15) is 11.4 Å². The van der Waals surface area contributed by atoms with E-state index < -0.39 is 0 Å². The molecule has 116 valence electrons. The molecule has 0 N–H and O–H groups in total. The van der Waals surface area contributed by atoms with E-state index in [9.17, 15) is 0 Å². The highest BCUT2D eigenvalue weighted by molar-refractivity contribution is 5.54. The second kappa shape index (κ2) is 5.23. The van der Waals surface area contributed by atoms with E-state index in [1.165, 1.54) is 0 Å². The summed E-state index contributed by atoms with van der Waals surface area (Å²) in [6.45, 7) is 4.18. The van der Waals surface area contributed by atoms with Gasteiger partial charge in [0.05, 0.1) is 5.92 Å². The molecule has 0 spiro atoms. The fourth-order valence-electron chi connectivity index (χ4n) is 3.10. The van der Waals surface area contributed by atoms with Crippen LogP contribution in [0.1, 0.15) is 37.6 Å². The average Bonchev–Trinajstić information content (AvgIpc) is 3.04. The molecule has 3 aromatic rings. The summed E-state index contributed by atoms with van der Waals surface area (Å²) in [7, 11) is 0. The van der Waals surface area contributed by atoms with E-state index in [-0.39, 0.29) is 11.5 Å². The maximum absolute atomic E-state index is 6.07. The molecule has 0 radical (unpaired) electrons. The van der Waals surface area contributed by atoms with E-state index in [0.717, 1.165) is 23.3 Å². The van der Waals surface area contributed by atoms with Gasteiger partial charge in [0.2, 0.25) is 11.7 Å². The molecule has 4 nitrogen and oxygen atoms in total. The van der Waals surface area contributed by atoms with Gasteiger partial charge in [0, 0.05) is 17.5 Å². The zero-order valence-corrected chi connectivity index (χ0v) is 13.2. The molecule has 1 aliphatic rings. The highest BCUT2D eigenvalue weighted by Crippen LogP contribution is 2.43. The summed E-state index contributed by atoms with van der Waals surface area (Å²) in [6, 6.07) is 18.0. The second-order valence-corrected chi connectivity index (χ2v) is 6.48. The Balaban J connectivity index is 1.75. The van der Waals surface area contributed by atoms with Gasteiger partial charge in [-0.2, -0.15) is 4.98 Å². The number of fused-ring (bicyclic) bond motifs is 1. The smallest absolute Gasteiger partial charge is 0.234 e. The Hall–Kier alpha value is -2.62. The van der Waals surface area contributed by atoms with Crippen molar-refractivity contribution in [2.45, 2.75) is 31.8 Å². The summed E-state index contributed by atoms with van der Waals surface area (Å²) >= 11 is 0. The predicted octanol–water partition coefficient (Wildman–Crippen LogP) is 4.43. The third-order valence-corrected chi connectivity index (χ3v) is 4.15. The maximum Gasteiger partial charge on any atom is 0.234 e. The lowest BCUT2D eigenvalue weighted by Gasteiger charge is -2.36. The van der Waals surface area contributed by atoms with Crippen molar-refractivity contribution in [2.24, 2.45) is 0 Å². The lowest BCUT2D eigenvalue weighted by atomic mass is 9.84. The molecule has 1 unspecified atom stereocenters. The third-order valence-electron chi connectivity index (χ3n) is 4.15. The number of nitrogens with zero attached hydrogens (tertiary/aromatic N) is 2. The molecule has 0 amide bonds. The standard InChI is InChI=1S/C19H18N2O2/c1-19(2)12-15(14-10-6-7-11-16(14)22-19)18-20-17(21-23-18)13-8-4-3-5-9-13/h3-11,15H,12H2,1-2H3. The van der Waals surface area contributed by atoms with Crippen LogP contribution in [0.3, 0.4) is 0 Å². The van der Waals surface area contributed by atoms with Crippen molar-refractivity contribution in [3.05, 3.63) is 66.1 Å². The minimum Gasteiger partial charge on any atom is -0.488 e. The summed E-state index contributed by atoms with van der Waals surface area (Å²) in [5, 5.41) is 4.16. The maximum atomic E-state index is 6.07. The quantitative estimate of drug-likeness (QED) is 0.702. The fraction of sp³-hybridized carbons (Fsp3) is 0.263. The van der Waals surface area contributed by atoms with Crippen LogP contribution in [0.4, 0.5) is 0 Å². The van der Waals surface area contributed by atoms with Crippen molar-refractivity contribution in [1.82, 2.24) is 10.1 Å². The molecule has 4 heteroatoms. The monoisotopic (exact) mass is 306 g/mol. The van der Waals surface area contributed by atoms with Crippen LogP contribution in [-0.2, 0) is 0 Å². The number of para-hydroxylation sites is 1. The van der Waals surface area contributed by atoms with E-state index in [1.807, 2.05) is 48.5 Å². The van der Waals surface area contributed by atoms with Gasteiger partial charge in [0.25, 0.3) is 0 Å². The third kappa shape index (κ3) is 2.61. The van der Waals surface area contributed by atoms with Gasteiger partial charge in [-0.3, -0.25) is 0 Å². The molecule has 1 aliphatic heterocycles. The first-order chi connectivity index (χ1) is 11.1. The van der Waals surface area contributed by atoms with Gasteiger partial charge in [-0.05, 0) is 19.9 Å². The second-order valence-electron chi connectivity index (χ2n) is 6.48. The minimum atomic E-state index is -0.263. The van der Waals surface area contributed by atoms with Crippen LogP contribution >= 0.6 is 0 Å². The molecule has 1 aromatic heterocycles. The number of hydrogen-bond acceptors (Lipinski definition) is 4. The van der Waals surface area contributed by atoms with Crippen molar-refractivity contribution in [2.75, 3.05) is 0 Å². The van der Waals surface area contributed by atoms with Crippen LogP contribution < -0.4 is 4.74 Å². The summed E-state index contributed by atoms with van der Waals surface area (Å²) in [4.78, 5) is 4.64. The number of aromatic nitrogens is 2. The van der Waals surface area contributed by atoms with Crippen molar-refractivity contribution in [3.8, 4) is 17.1 Å². The molecule has 23 heavy (non-hydrogen) atoms. The highest BCUT2D eigenvalue weighted by Gasteiger charge is 2.37. The van der Waals surface area contributed by atoms with Crippen molar-refractivity contribution >= 4 is 0 Å². The molecule has 4 rings (SSSR count). The number of hydrogen-bond donors (Lipinski definition) is 0. The Morgan fingerprint density at radius 2 is 1.74 bits per heavy atom. The molecule has 0 fully saturated rings. The highest BCUT2D eigenvalue weighted by atomic mass is 16.5. The molecule has 2 heterocycles. The van der Waals surface area contributed by atoms with Gasteiger partial charge in [-0.25, -0.2) is 0 Å². The first kappa shape index (κ1) is 14.0. The minimum absolute atomic E-state index is 0.0555. The first-order valence-electron chi connectivity index (χ1n) is 7.79. The normalized spacial score (nSPS) is 19.0. The zero-order valence-electron chi connectivity index (χ0n) is 13.2.